The topological polar surface area (TPSA) is 155 Å². The van der Waals surface area contributed by atoms with E-state index in [0.717, 1.165) is 17.0 Å². The molecule has 0 saturated carbocycles. The van der Waals surface area contributed by atoms with Crippen LogP contribution in [-0.4, -0.2) is 25.1 Å². The van der Waals surface area contributed by atoms with Crippen LogP contribution in [0.5, 0.6) is 0 Å². The number of halogens is 1. The minimum Gasteiger partial charge on any atom is -0.384 e. The molecule has 1 aromatic heterocycles. The largest absolute Gasteiger partial charge is 0.384 e. The van der Waals surface area contributed by atoms with Gasteiger partial charge in [-0.15, -0.1) is 0 Å². The highest BCUT2D eigenvalue weighted by atomic mass is 32.2. The van der Waals surface area contributed by atoms with Crippen molar-refractivity contribution in [2.24, 2.45) is 10.9 Å². The zero-order valence-electron chi connectivity index (χ0n) is 17.2. The summed E-state index contributed by atoms with van der Waals surface area (Å²) in [5.41, 5.74) is 8.06. The van der Waals surface area contributed by atoms with Crippen molar-refractivity contribution in [1.29, 1.82) is 5.41 Å². The molecule has 10 heteroatoms. The number of nitrogens with two attached hydrogens (primary N) is 2. The lowest BCUT2D eigenvalue weighted by atomic mass is 10.0. The van der Waals surface area contributed by atoms with Gasteiger partial charge in [-0.1, -0.05) is 24.3 Å². The fourth-order valence-corrected chi connectivity index (χ4v) is 4.36. The van der Waals surface area contributed by atoms with Crippen LogP contribution in [0.4, 0.5) is 10.1 Å². The molecule has 0 atom stereocenters. The van der Waals surface area contributed by atoms with E-state index in [2.05, 4.69) is 10.3 Å². The van der Waals surface area contributed by atoms with E-state index in [1.54, 1.807) is 30.5 Å². The van der Waals surface area contributed by atoms with E-state index >= 15 is 0 Å². The van der Waals surface area contributed by atoms with E-state index in [-0.39, 0.29) is 28.4 Å². The van der Waals surface area contributed by atoms with Gasteiger partial charge in [0, 0.05) is 28.2 Å². The van der Waals surface area contributed by atoms with Crippen molar-refractivity contribution in [3.8, 4) is 11.1 Å². The number of benzene rings is 3. The quantitative estimate of drug-likeness (QED) is 0.219. The molecule has 0 aliphatic rings. The molecule has 0 fully saturated rings. The maximum absolute atomic E-state index is 14.8. The van der Waals surface area contributed by atoms with Gasteiger partial charge in [0.2, 0.25) is 15.9 Å². The highest BCUT2D eigenvalue weighted by Gasteiger charge is 2.17. The molecule has 7 N–H and O–H groups in total. The van der Waals surface area contributed by atoms with E-state index in [4.69, 9.17) is 16.3 Å². The highest BCUT2D eigenvalue weighted by molar-refractivity contribution is 7.89. The van der Waals surface area contributed by atoms with Crippen LogP contribution in [0.1, 0.15) is 11.1 Å². The van der Waals surface area contributed by atoms with E-state index in [1.165, 1.54) is 30.3 Å². The van der Waals surface area contributed by atoms with Gasteiger partial charge < -0.3 is 16.0 Å². The van der Waals surface area contributed by atoms with Crippen LogP contribution < -0.4 is 16.2 Å². The van der Waals surface area contributed by atoms with E-state index < -0.39 is 21.7 Å². The number of carbonyl (C=O) groups is 1. The Labute approximate surface area is 189 Å². The fraction of sp³-hybridized carbons (Fsp3) is 0.0435. The molecule has 0 aliphatic heterocycles. The van der Waals surface area contributed by atoms with Crippen LogP contribution >= 0.6 is 0 Å². The maximum atomic E-state index is 14.8. The Bertz CT molecular complexity index is 1510. The van der Waals surface area contributed by atoms with Crippen LogP contribution in [-0.2, 0) is 21.2 Å². The monoisotopic (exact) mass is 465 g/mol. The molecule has 0 radical (unpaired) electrons. The first kappa shape index (κ1) is 22.2. The minimum absolute atomic E-state index is 0.0310. The lowest BCUT2D eigenvalue weighted by Crippen LogP contribution is -2.15. The Hall–Kier alpha value is -4.02. The van der Waals surface area contributed by atoms with Crippen molar-refractivity contribution in [3.63, 3.8) is 0 Å². The number of carbonyl (C=O) groups excluding carboxylic acids is 1. The number of aromatic amines is 1. The third kappa shape index (κ3) is 4.61. The summed E-state index contributed by atoms with van der Waals surface area (Å²) in [6.45, 7) is 0. The van der Waals surface area contributed by atoms with Crippen LogP contribution in [0, 0.1) is 11.2 Å². The molecule has 0 unspecified atom stereocenters. The van der Waals surface area contributed by atoms with Crippen LogP contribution in [0.25, 0.3) is 22.0 Å². The first-order chi connectivity index (χ1) is 15.6. The molecule has 3 aromatic carbocycles. The highest BCUT2D eigenvalue weighted by Crippen LogP contribution is 2.29. The van der Waals surface area contributed by atoms with Gasteiger partial charge in [0.1, 0.15) is 11.7 Å². The SMILES string of the molecule is N=C(N)c1ccc2[nH]cc(CC(=O)Nc3ccc(-c4ccccc4S(N)(=O)=O)cc3F)c2c1. The predicted molar refractivity (Wildman–Crippen MR) is 125 cm³/mol. The summed E-state index contributed by atoms with van der Waals surface area (Å²) in [7, 11) is -4.00. The number of aromatic nitrogens is 1. The average Bonchev–Trinajstić information content (AvgIpc) is 3.16. The smallest absolute Gasteiger partial charge is 0.238 e. The summed E-state index contributed by atoms with van der Waals surface area (Å²) in [4.78, 5) is 15.5. The Morgan fingerprint density at radius 3 is 2.55 bits per heavy atom. The summed E-state index contributed by atoms with van der Waals surface area (Å²) in [6.07, 6.45) is 1.65. The fourth-order valence-electron chi connectivity index (χ4n) is 3.60. The van der Waals surface area contributed by atoms with Crippen LogP contribution in [0.2, 0.25) is 0 Å². The molecular weight excluding hydrogens is 445 g/mol. The van der Waals surface area contributed by atoms with Gasteiger partial charge in [-0.2, -0.15) is 0 Å². The summed E-state index contributed by atoms with van der Waals surface area (Å²) < 4.78 is 38.4. The number of H-pyrrole nitrogens is 1. The van der Waals surface area contributed by atoms with E-state index in [0.29, 0.717) is 16.7 Å². The van der Waals surface area contributed by atoms with Crippen molar-refractivity contribution in [3.05, 3.63) is 83.8 Å². The normalized spacial score (nSPS) is 11.5. The summed E-state index contributed by atoms with van der Waals surface area (Å²) in [5.74, 6) is -1.25. The number of rotatable bonds is 6. The van der Waals surface area contributed by atoms with Gasteiger partial charge in [0.05, 0.1) is 17.0 Å². The second-order valence-corrected chi connectivity index (χ2v) is 8.98. The van der Waals surface area contributed by atoms with Crippen LogP contribution in [0.3, 0.4) is 0 Å². The molecule has 0 aliphatic carbocycles. The van der Waals surface area contributed by atoms with Gasteiger partial charge in [-0.3, -0.25) is 10.2 Å². The maximum Gasteiger partial charge on any atom is 0.238 e. The standard InChI is InChI=1S/C23H20FN5O3S/c24-18-10-13(16-3-1-2-4-21(16)33(27,31)32)5-8-20(18)29-22(30)11-15-12-28-19-7-6-14(23(25)26)9-17(15)19/h1-10,12,28H,11H2,(H3,25,26)(H,29,30)(H2,27,31,32). The number of amidine groups is 1. The van der Waals surface area contributed by atoms with Gasteiger partial charge in [0.25, 0.3) is 0 Å². The number of primary sulfonamides is 1. The molecular formula is C23H20FN5O3S. The van der Waals surface area contributed by atoms with Gasteiger partial charge >= 0.3 is 0 Å². The summed E-state index contributed by atoms with van der Waals surface area (Å²) in [5, 5.41) is 16.1. The number of hydrogen-bond donors (Lipinski definition) is 5. The van der Waals surface area contributed by atoms with Crippen molar-refractivity contribution >= 4 is 38.4 Å². The third-order valence-corrected chi connectivity index (χ3v) is 6.15. The molecule has 168 valence electrons. The number of sulfonamides is 1. The molecule has 1 amide bonds. The summed E-state index contributed by atoms with van der Waals surface area (Å²) in [6, 6.07) is 15.2. The Balaban J connectivity index is 1.56. The average molecular weight is 466 g/mol. The molecule has 4 rings (SSSR count). The predicted octanol–water partition coefficient (Wildman–Crippen LogP) is 3.09. The summed E-state index contributed by atoms with van der Waals surface area (Å²) >= 11 is 0. The second kappa shape index (κ2) is 8.49. The molecule has 8 nitrogen and oxygen atoms in total. The van der Waals surface area contributed by atoms with Crippen molar-refractivity contribution < 1.29 is 17.6 Å². The molecule has 4 aromatic rings. The molecule has 0 spiro atoms. The third-order valence-electron chi connectivity index (χ3n) is 5.18. The van der Waals surface area contributed by atoms with Crippen LogP contribution in [0.15, 0.2) is 71.8 Å². The lowest BCUT2D eigenvalue weighted by molar-refractivity contribution is -0.115. The van der Waals surface area contributed by atoms with E-state index in [1.807, 2.05) is 0 Å². The van der Waals surface area contributed by atoms with Crippen molar-refractivity contribution in [2.45, 2.75) is 11.3 Å². The van der Waals surface area contributed by atoms with Crippen molar-refractivity contribution in [1.82, 2.24) is 4.98 Å². The van der Waals surface area contributed by atoms with E-state index in [9.17, 15) is 17.6 Å². The minimum atomic E-state index is -4.00. The van der Waals surface area contributed by atoms with Gasteiger partial charge in [-0.05, 0) is 47.5 Å². The number of fused-ring (bicyclic) bond motifs is 1. The number of hydrogen-bond acceptors (Lipinski definition) is 4. The lowest BCUT2D eigenvalue weighted by Gasteiger charge is -2.11. The molecule has 33 heavy (non-hydrogen) atoms. The first-order valence-electron chi connectivity index (χ1n) is 9.79. The van der Waals surface area contributed by atoms with Gasteiger partial charge in [-0.25, -0.2) is 17.9 Å². The number of amides is 1. The Kier molecular flexibility index (Phi) is 5.71. The Morgan fingerprint density at radius 2 is 1.85 bits per heavy atom. The molecule has 0 saturated heterocycles. The number of nitrogen functional groups attached to an aromatic ring is 1. The zero-order valence-corrected chi connectivity index (χ0v) is 18.0. The Morgan fingerprint density at radius 1 is 1.09 bits per heavy atom. The second-order valence-electron chi connectivity index (χ2n) is 7.45. The number of anilines is 1. The molecule has 0 bridgehead atoms. The van der Waals surface area contributed by atoms with Gasteiger partial charge in [0.15, 0.2) is 0 Å². The zero-order chi connectivity index (χ0) is 23.8. The van der Waals surface area contributed by atoms with Crippen molar-refractivity contribution in [2.75, 3.05) is 5.32 Å². The first-order valence-corrected chi connectivity index (χ1v) is 11.3. The number of nitrogens with one attached hydrogen (secondary N) is 3. The molecule has 1 heterocycles.